The molecule has 1 aliphatic rings. The Morgan fingerprint density at radius 1 is 1.26 bits per heavy atom. The Hall–Kier alpha value is -1.85. The molecule has 0 spiro atoms. The Balaban J connectivity index is 1.65. The van der Waals surface area contributed by atoms with Crippen LogP contribution in [0.25, 0.3) is 0 Å². The zero-order chi connectivity index (χ0) is 16.1. The standard InChI is InChI=1S/C18H21NO3S/c20-13-18(9-5-10-18)16(15-8-4-11-23-15)19-17(21)22-12-14-6-2-1-3-7-14/h1-4,6-8,11,16,20H,5,9-10,12-13H2,(H,19,21). The van der Waals surface area contributed by atoms with E-state index in [1.54, 1.807) is 11.3 Å². The molecule has 1 atom stereocenters. The number of hydrogen-bond acceptors (Lipinski definition) is 4. The number of carbonyl (C=O) groups is 1. The van der Waals surface area contributed by atoms with Crippen LogP contribution in [0.15, 0.2) is 47.8 Å². The van der Waals surface area contributed by atoms with Gasteiger partial charge in [-0.1, -0.05) is 42.8 Å². The molecule has 1 unspecified atom stereocenters. The molecule has 2 aromatic rings. The van der Waals surface area contributed by atoms with E-state index in [1.165, 1.54) is 0 Å². The van der Waals surface area contributed by atoms with Crippen LogP contribution in [0.5, 0.6) is 0 Å². The molecular formula is C18H21NO3S. The summed E-state index contributed by atoms with van der Waals surface area (Å²) in [5.41, 5.74) is 0.701. The quantitative estimate of drug-likeness (QED) is 0.844. The zero-order valence-electron chi connectivity index (χ0n) is 12.9. The fourth-order valence-corrected chi connectivity index (χ4v) is 3.95. The molecule has 3 rings (SSSR count). The van der Waals surface area contributed by atoms with Gasteiger partial charge in [0.15, 0.2) is 0 Å². The minimum Gasteiger partial charge on any atom is -0.445 e. The first kappa shape index (κ1) is 16.0. The molecule has 1 aromatic carbocycles. The molecule has 1 aliphatic carbocycles. The largest absolute Gasteiger partial charge is 0.445 e. The van der Waals surface area contributed by atoms with Crippen LogP contribution in [-0.2, 0) is 11.3 Å². The lowest BCUT2D eigenvalue weighted by atomic mass is 9.64. The Kier molecular flexibility index (Phi) is 4.98. The van der Waals surface area contributed by atoms with Crippen LogP contribution < -0.4 is 5.32 Å². The van der Waals surface area contributed by atoms with Crippen LogP contribution in [0.1, 0.15) is 35.7 Å². The zero-order valence-corrected chi connectivity index (χ0v) is 13.7. The first-order valence-corrected chi connectivity index (χ1v) is 8.73. The number of benzene rings is 1. The average molecular weight is 331 g/mol. The SMILES string of the molecule is O=C(NC(c1cccs1)C1(CO)CCC1)OCc1ccccc1. The highest BCUT2D eigenvalue weighted by Crippen LogP contribution is 2.50. The van der Waals surface area contributed by atoms with Crippen molar-refractivity contribution in [2.24, 2.45) is 5.41 Å². The Bertz CT molecular complexity index is 617. The van der Waals surface area contributed by atoms with E-state index in [2.05, 4.69) is 5.32 Å². The van der Waals surface area contributed by atoms with Crippen LogP contribution in [0.3, 0.4) is 0 Å². The molecule has 1 aromatic heterocycles. The van der Waals surface area contributed by atoms with Crippen molar-refractivity contribution >= 4 is 17.4 Å². The number of aliphatic hydroxyl groups excluding tert-OH is 1. The maximum atomic E-state index is 12.2. The van der Waals surface area contributed by atoms with Crippen molar-refractivity contribution in [3.8, 4) is 0 Å². The molecule has 0 radical (unpaired) electrons. The third-order valence-electron chi connectivity index (χ3n) is 4.58. The molecule has 0 saturated heterocycles. The van der Waals surface area contributed by atoms with Gasteiger partial charge in [0, 0.05) is 10.3 Å². The first-order valence-electron chi connectivity index (χ1n) is 7.85. The fourth-order valence-electron chi connectivity index (χ4n) is 3.03. The highest BCUT2D eigenvalue weighted by atomic mass is 32.1. The van der Waals surface area contributed by atoms with E-state index >= 15 is 0 Å². The van der Waals surface area contributed by atoms with Gasteiger partial charge in [-0.2, -0.15) is 0 Å². The molecule has 122 valence electrons. The number of alkyl carbamates (subject to hydrolysis) is 1. The van der Waals surface area contributed by atoms with Crippen LogP contribution in [0, 0.1) is 5.41 Å². The Morgan fingerprint density at radius 2 is 2.04 bits per heavy atom. The molecule has 1 heterocycles. The topological polar surface area (TPSA) is 58.6 Å². The summed E-state index contributed by atoms with van der Waals surface area (Å²) in [5, 5.41) is 14.8. The van der Waals surface area contributed by atoms with E-state index in [-0.39, 0.29) is 24.7 Å². The molecular weight excluding hydrogens is 310 g/mol. The lowest BCUT2D eigenvalue weighted by Gasteiger charge is -2.46. The lowest BCUT2D eigenvalue weighted by molar-refractivity contribution is 0.00526. The van der Waals surface area contributed by atoms with Gasteiger partial charge in [-0.3, -0.25) is 0 Å². The third kappa shape index (κ3) is 3.57. The molecule has 2 N–H and O–H groups in total. The minimum atomic E-state index is -0.438. The van der Waals surface area contributed by atoms with Crippen molar-refractivity contribution in [1.82, 2.24) is 5.32 Å². The van der Waals surface area contributed by atoms with E-state index in [4.69, 9.17) is 4.74 Å². The highest BCUT2D eigenvalue weighted by Gasteiger charge is 2.45. The molecule has 0 aliphatic heterocycles. The second-order valence-corrected chi connectivity index (χ2v) is 7.01. The number of nitrogens with one attached hydrogen (secondary N) is 1. The van der Waals surface area contributed by atoms with Crippen molar-refractivity contribution in [2.75, 3.05) is 6.61 Å². The van der Waals surface area contributed by atoms with Crippen molar-refractivity contribution < 1.29 is 14.6 Å². The normalized spacial score (nSPS) is 17.1. The number of amides is 1. The Labute approximate surface area is 140 Å². The van der Waals surface area contributed by atoms with Gasteiger partial charge in [-0.15, -0.1) is 11.3 Å². The van der Waals surface area contributed by atoms with Gasteiger partial charge in [-0.05, 0) is 29.9 Å². The summed E-state index contributed by atoms with van der Waals surface area (Å²) in [6, 6.07) is 13.4. The van der Waals surface area contributed by atoms with Crippen LogP contribution >= 0.6 is 11.3 Å². The molecule has 1 saturated carbocycles. The first-order chi connectivity index (χ1) is 11.2. The number of hydrogen-bond donors (Lipinski definition) is 2. The van der Waals surface area contributed by atoms with E-state index in [0.717, 1.165) is 29.7 Å². The number of carbonyl (C=O) groups excluding carboxylic acids is 1. The van der Waals surface area contributed by atoms with E-state index in [9.17, 15) is 9.90 Å². The summed E-state index contributed by atoms with van der Waals surface area (Å²) < 4.78 is 5.34. The number of thiophene rings is 1. The average Bonchev–Trinajstić information content (AvgIpc) is 3.06. The minimum absolute atomic E-state index is 0.0779. The summed E-state index contributed by atoms with van der Waals surface area (Å²) >= 11 is 1.60. The maximum Gasteiger partial charge on any atom is 0.407 e. The fraction of sp³-hybridized carbons (Fsp3) is 0.389. The van der Waals surface area contributed by atoms with E-state index < -0.39 is 6.09 Å². The van der Waals surface area contributed by atoms with E-state index in [0.29, 0.717) is 0 Å². The predicted octanol–water partition coefficient (Wildman–Crippen LogP) is 3.88. The second-order valence-electron chi connectivity index (χ2n) is 6.03. The van der Waals surface area contributed by atoms with Crippen molar-refractivity contribution in [3.63, 3.8) is 0 Å². The smallest absolute Gasteiger partial charge is 0.407 e. The number of aliphatic hydroxyl groups is 1. The van der Waals surface area contributed by atoms with E-state index in [1.807, 2.05) is 47.8 Å². The molecule has 5 heteroatoms. The molecule has 1 amide bonds. The number of ether oxygens (including phenoxy) is 1. The summed E-state index contributed by atoms with van der Waals surface area (Å²) in [4.78, 5) is 13.3. The lowest BCUT2D eigenvalue weighted by Crippen LogP contribution is -2.47. The monoisotopic (exact) mass is 331 g/mol. The summed E-state index contributed by atoms with van der Waals surface area (Å²) in [6.45, 7) is 0.324. The van der Waals surface area contributed by atoms with Crippen LogP contribution in [0.4, 0.5) is 4.79 Å². The molecule has 0 bridgehead atoms. The van der Waals surface area contributed by atoms with Crippen LogP contribution in [0.2, 0.25) is 0 Å². The summed E-state index contributed by atoms with van der Waals surface area (Å²) in [5.74, 6) is 0. The molecule has 4 nitrogen and oxygen atoms in total. The van der Waals surface area contributed by atoms with Crippen LogP contribution in [-0.4, -0.2) is 17.8 Å². The van der Waals surface area contributed by atoms with Gasteiger partial charge >= 0.3 is 6.09 Å². The predicted molar refractivity (Wildman–Crippen MR) is 90.2 cm³/mol. The third-order valence-corrected chi connectivity index (χ3v) is 5.52. The molecule has 1 fully saturated rings. The maximum absolute atomic E-state index is 12.2. The molecule has 23 heavy (non-hydrogen) atoms. The van der Waals surface area contributed by atoms with Gasteiger partial charge in [-0.25, -0.2) is 4.79 Å². The van der Waals surface area contributed by atoms with Gasteiger partial charge in [0.2, 0.25) is 0 Å². The van der Waals surface area contributed by atoms with Crippen molar-refractivity contribution in [1.29, 1.82) is 0 Å². The van der Waals surface area contributed by atoms with Gasteiger partial charge in [0.05, 0.1) is 12.6 Å². The second kappa shape index (κ2) is 7.15. The van der Waals surface area contributed by atoms with Crippen molar-refractivity contribution in [3.05, 3.63) is 58.3 Å². The highest BCUT2D eigenvalue weighted by molar-refractivity contribution is 7.10. The Morgan fingerprint density at radius 3 is 2.61 bits per heavy atom. The summed E-state index contributed by atoms with van der Waals surface area (Å²) in [6.07, 6.45) is 2.49. The summed E-state index contributed by atoms with van der Waals surface area (Å²) in [7, 11) is 0. The van der Waals surface area contributed by atoms with Gasteiger partial charge in [0.1, 0.15) is 6.61 Å². The number of rotatable bonds is 6. The van der Waals surface area contributed by atoms with Crippen molar-refractivity contribution in [2.45, 2.75) is 31.9 Å². The van der Waals surface area contributed by atoms with Gasteiger partial charge < -0.3 is 15.2 Å². The van der Waals surface area contributed by atoms with Gasteiger partial charge in [0.25, 0.3) is 0 Å².